The molecule has 1 aliphatic rings. The zero-order valence-corrected chi connectivity index (χ0v) is 10.6. The van der Waals surface area contributed by atoms with Gasteiger partial charge in [-0.3, -0.25) is 4.90 Å². The summed E-state index contributed by atoms with van der Waals surface area (Å²) in [5, 5.41) is 0. The average molecular weight is 214 g/mol. The van der Waals surface area contributed by atoms with Crippen molar-refractivity contribution < 1.29 is 4.74 Å². The van der Waals surface area contributed by atoms with Crippen LogP contribution in [-0.2, 0) is 4.74 Å². The van der Waals surface area contributed by atoms with Gasteiger partial charge in [0, 0.05) is 25.7 Å². The van der Waals surface area contributed by atoms with Crippen molar-refractivity contribution in [2.45, 2.75) is 57.7 Å². The summed E-state index contributed by atoms with van der Waals surface area (Å²) in [6.45, 7) is 8.33. The summed E-state index contributed by atoms with van der Waals surface area (Å²) in [7, 11) is 1.78. The van der Waals surface area contributed by atoms with Crippen LogP contribution in [-0.4, -0.2) is 42.8 Å². The molecule has 15 heavy (non-hydrogen) atoms. The van der Waals surface area contributed by atoms with Crippen molar-refractivity contribution in [1.82, 2.24) is 4.90 Å². The Hall–Kier alpha value is -0.120. The van der Waals surface area contributed by atoms with E-state index < -0.39 is 0 Å². The molecule has 1 unspecified atom stereocenters. The van der Waals surface area contributed by atoms with Crippen LogP contribution in [0.1, 0.15) is 40.0 Å². The molecule has 0 heterocycles. The van der Waals surface area contributed by atoms with E-state index in [-0.39, 0.29) is 5.60 Å². The summed E-state index contributed by atoms with van der Waals surface area (Å²) in [6, 6.07) is 1.26. The lowest BCUT2D eigenvalue weighted by atomic mass is 9.97. The number of nitrogens with two attached hydrogens (primary N) is 1. The van der Waals surface area contributed by atoms with Crippen molar-refractivity contribution in [2.24, 2.45) is 5.73 Å². The van der Waals surface area contributed by atoms with Gasteiger partial charge in [-0.05, 0) is 39.7 Å². The van der Waals surface area contributed by atoms with Crippen molar-refractivity contribution >= 4 is 0 Å². The maximum absolute atomic E-state index is 5.88. The minimum absolute atomic E-state index is 0.0631. The van der Waals surface area contributed by atoms with Gasteiger partial charge in [0.1, 0.15) is 0 Å². The summed E-state index contributed by atoms with van der Waals surface area (Å²) in [5.74, 6) is 0. The highest BCUT2D eigenvalue weighted by atomic mass is 16.5. The van der Waals surface area contributed by atoms with E-state index in [2.05, 4.69) is 25.7 Å². The molecule has 1 rings (SSSR count). The normalized spacial score (nSPS) is 19.6. The molecular weight excluding hydrogens is 188 g/mol. The number of methoxy groups -OCH3 is 1. The predicted molar refractivity (Wildman–Crippen MR) is 63.9 cm³/mol. The molecule has 0 bridgehead atoms. The molecule has 1 saturated carbocycles. The molecule has 2 N–H and O–H groups in total. The Bertz CT molecular complexity index is 190. The van der Waals surface area contributed by atoms with Crippen molar-refractivity contribution in [3.63, 3.8) is 0 Å². The van der Waals surface area contributed by atoms with Gasteiger partial charge in [0.2, 0.25) is 0 Å². The van der Waals surface area contributed by atoms with Crippen LogP contribution in [0.4, 0.5) is 0 Å². The minimum atomic E-state index is -0.0631. The molecule has 1 aliphatic carbocycles. The molecule has 90 valence electrons. The van der Waals surface area contributed by atoms with Gasteiger partial charge in [0.05, 0.1) is 5.60 Å². The van der Waals surface area contributed by atoms with E-state index in [0.29, 0.717) is 6.04 Å². The van der Waals surface area contributed by atoms with Crippen LogP contribution in [0.25, 0.3) is 0 Å². The van der Waals surface area contributed by atoms with Crippen LogP contribution in [0.15, 0.2) is 0 Å². The summed E-state index contributed by atoms with van der Waals surface area (Å²) in [4.78, 5) is 2.54. The Labute approximate surface area is 94.0 Å². The second-order valence-electron chi connectivity index (χ2n) is 5.12. The molecule has 0 spiro atoms. The van der Waals surface area contributed by atoms with E-state index in [9.17, 15) is 0 Å². The molecule has 0 saturated heterocycles. The summed E-state index contributed by atoms with van der Waals surface area (Å²) in [6.07, 6.45) is 3.71. The monoisotopic (exact) mass is 214 g/mol. The molecule has 0 amide bonds. The van der Waals surface area contributed by atoms with E-state index in [1.54, 1.807) is 7.11 Å². The van der Waals surface area contributed by atoms with Crippen LogP contribution in [0.5, 0.6) is 0 Å². The molecule has 0 aromatic carbocycles. The van der Waals surface area contributed by atoms with Crippen molar-refractivity contribution in [1.29, 1.82) is 0 Å². The lowest BCUT2D eigenvalue weighted by Crippen LogP contribution is -2.46. The fraction of sp³-hybridized carbons (Fsp3) is 1.00. The highest BCUT2D eigenvalue weighted by Crippen LogP contribution is 2.30. The fourth-order valence-corrected chi connectivity index (χ4v) is 2.21. The van der Waals surface area contributed by atoms with Crippen LogP contribution >= 0.6 is 0 Å². The molecule has 1 atom stereocenters. The molecule has 0 aromatic rings. The Morgan fingerprint density at radius 2 is 2.07 bits per heavy atom. The van der Waals surface area contributed by atoms with Crippen molar-refractivity contribution in [3.8, 4) is 0 Å². The van der Waals surface area contributed by atoms with E-state index in [0.717, 1.165) is 25.6 Å². The third kappa shape index (κ3) is 3.74. The Morgan fingerprint density at radius 3 is 2.40 bits per heavy atom. The van der Waals surface area contributed by atoms with E-state index in [1.807, 2.05) is 0 Å². The SMILES string of the molecule is CCN(C1CC1)C(CN)CC(C)(C)OC. The van der Waals surface area contributed by atoms with Gasteiger partial charge in [-0.1, -0.05) is 6.92 Å². The highest BCUT2D eigenvalue weighted by molar-refractivity contribution is 4.91. The predicted octanol–water partition coefficient (Wildman–Crippen LogP) is 1.61. The van der Waals surface area contributed by atoms with Gasteiger partial charge >= 0.3 is 0 Å². The molecule has 0 radical (unpaired) electrons. The number of rotatable bonds is 7. The zero-order chi connectivity index (χ0) is 11.5. The summed E-state index contributed by atoms with van der Waals surface area (Å²) in [5.41, 5.74) is 5.82. The van der Waals surface area contributed by atoms with E-state index >= 15 is 0 Å². The maximum atomic E-state index is 5.88. The zero-order valence-electron chi connectivity index (χ0n) is 10.6. The first kappa shape index (κ1) is 12.9. The summed E-state index contributed by atoms with van der Waals surface area (Å²) >= 11 is 0. The topological polar surface area (TPSA) is 38.5 Å². The third-order valence-electron chi connectivity index (χ3n) is 3.40. The number of ether oxygens (including phenoxy) is 1. The Morgan fingerprint density at radius 1 is 1.47 bits per heavy atom. The van der Waals surface area contributed by atoms with Gasteiger partial charge < -0.3 is 10.5 Å². The van der Waals surface area contributed by atoms with Gasteiger partial charge in [-0.2, -0.15) is 0 Å². The van der Waals surface area contributed by atoms with Crippen molar-refractivity contribution in [2.75, 3.05) is 20.2 Å². The standard InChI is InChI=1S/C12H26N2O/c1-5-14(10-6-7-10)11(9-13)8-12(2,3)15-4/h10-11H,5-9,13H2,1-4H3. The van der Waals surface area contributed by atoms with E-state index in [4.69, 9.17) is 10.5 Å². The van der Waals surface area contributed by atoms with Crippen molar-refractivity contribution in [3.05, 3.63) is 0 Å². The Kier molecular flexibility index (Phi) is 4.56. The molecular formula is C12H26N2O. The Balaban J connectivity index is 2.52. The van der Waals surface area contributed by atoms with E-state index in [1.165, 1.54) is 12.8 Å². The van der Waals surface area contributed by atoms with Crippen LogP contribution < -0.4 is 5.73 Å². The molecule has 0 aliphatic heterocycles. The third-order valence-corrected chi connectivity index (χ3v) is 3.40. The van der Waals surface area contributed by atoms with Gasteiger partial charge in [-0.25, -0.2) is 0 Å². The van der Waals surface area contributed by atoms with Crippen LogP contribution in [0.3, 0.4) is 0 Å². The molecule has 3 heteroatoms. The number of likely N-dealkylation sites (N-methyl/N-ethyl adjacent to an activating group) is 1. The lowest BCUT2D eigenvalue weighted by Gasteiger charge is -2.35. The van der Waals surface area contributed by atoms with Gasteiger partial charge in [0.15, 0.2) is 0 Å². The van der Waals surface area contributed by atoms with Crippen LogP contribution in [0.2, 0.25) is 0 Å². The second-order valence-corrected chi connectivity index (χ2v) is 5.12. The van der Waals surface area contributed by atoms with Gasteiger partial charge in [-0.15, -0.1) is 0 Å². The first-order valence-corrected chi connectivity index (χ1v) is 6.05. The van der Waals surface area contributed by atoms with Crippen LogP contribution in [0, 0.1) is 0 Å². The molecule has 1 fully saturated rings. The second kappa shape index (κ2) is 5.28. The first-order valence-electron chi connectivity index (χ1n) is 6.05. The number of hydrogen-bond acceptors (Lipinski definition) is 3. The highest BCUT2D eigenvalue weighted by Gasteiger charge is 2.34. The lowest BCUT2D eigenvalue weighted by molar-refractivity contribution is -0.00815. The molecule has 0 aromatic heterocycles. The minimum Gasteiger partial charge on any atom is -0.379 e. The first-order chi connectivity index (χ1) is 7.04. The average Bonchev–Trinajstić information content (AvgIpc) is 3.01. The molecule has 3 nitrogen and oxygen atoms in total. The summed E-state index contributed by atoms with van der Waals surface area (Å²) < 4.78 is 5.48. The quantitative estimate of drug-likeness (QED) is 0.700. The maximum Gasteiger partial charge on any atom is 0.0638 e. The number of nitrogens with zero attached hydrogens (tertiary/aromatic N) is 1. The number of hydrogen-bond donors (Lipinski definition) is 1. The fourth-order valence-electron chi connectivity index (χ4n) is 2.21. The van der Waals surface area contributed by atoms with Gasteiger partial charge in [0.25, 0.3) is 0 Å². The largest absolute Gasteiger partial charge is 0.379 e. The smallest absolute Gasteiger partial charge is 0.0638 e.